The van der Waals surface area contributed by atoms with Gasteiger partial charge in [0.15, 0.2) is 0 Å². The number of hydrogen-bond acceptors (Lipinski definition) is 5. The number of esters is 1. The lowest BCUT2D eigenvalue weighted by Crippen LogP contribution is -2.25. The lowest BCUT2D eigenvalue weighted by molar-refractivity contribution is -0.145. The third-order valence-corrected chi connectivity index (χ3v) is 3.35. The summed E-state index contributed by atoms with van der Waals surface area (Å²) in [5.41, 5.74) is 3.87. The number of carbonyl (C=O) groups is 3. The zero-order valence-corrected chi connectivity index (χ0v) is 14.4. The van der Waals surface area contributed by atoms with Crippen LogP contribution < -0.4 is 10.7 Å². The molecule has 0 aliphatic rings. The van der Waals surface area contributed by atoms with Gasteiger partial charge in [0.2, 0.25) is 5.91 Å². The Morgan fingerprint density at radius 1 is 1.17 bits per heavy atom. The Labute approximate surface area is 141 Å². The van der Waals surface area contributed by atoms with Gasteiger partial charge in [0.25, 0.3) is 5.91 Å². The van der Waals surface area contributed by atoms with Crippen LogP contribution in [0.25, 0.3) is 0 Å². The number of carbonyl (C=O) groups excluding carboxylic acids is 3. The van der Waals surface area contributed by atoms with Crippen molar-refractivity contribution < 1.29 is 19.1 Å². The van der Waals surface area contributed by atoms with Crippen molar-refractivity contribution in [2.24, 2.45) is 11.0 Å². The normalized spacial score (nSPS) is 12.2. The van der Waals surface area contributed by atoms with Crippen LogP contribution in [0, 0.1) is 5.92 Å². The maximum atomic E-state index is 12.0. The van der Waals surface area contributed by atoms with Crippen LogP contribution in [0.2, 0.25) is 0 Å². The first-order chi connectivity index (χ1) is 11.4. The first-order valence-electron chi connectivity index (χ1n) is 7.80. The van der Waals surface area contributed by atoms with E-state index in [2.05, 4.69) is 15.8 Å². The minimum atomic E-state index is -0.531. The number of hydrogen-bond donors (Lipinski definition) is 2. The van der Waals surface area contributed by atoms with Gasteiger partial charge in [0, 0.05) is 23.4 Å². The minimum Gasteiger partial charge on any atom is -0.465 e. The average molecular weight is 333 g/mol. The van der Waals surface area contributed by atoms with Crippen LogP contribution in [0.4, 0.5) is 5.69 Å². The molecule has 0 radical (unpaired) electrons. The first-order valence-corrected chi connectivity index (χ1v) is 7.80. The number of ether oxygens (including phenoxy) is 1. The molecule has 0 bridgehead atoms. The Morgan fingerprint density at radius 2 is 1.79 bits per heavy atom. The van der Waals surface area contributed by atoms with Crippen molar-refractivity contribution in [3.05, 3.63) is 29.8 Å². The van der Waals surface area contributed by atoms with Gasteiger partial charge in [0.05, 0.1) is 12.5 Å². The smallest absolute Gasteiger partial charge is 0.314 e. The van der Waals surface area contributed by atoms with Gasteiger partial charge < -0.3 is 10.1 Å². The van der Waals surface area contributed by atoms with Crippen LogP contribution in [0.5, 0.6) is 0 Å². The van der Waals surface area contributed by atoms with Crippen molar-refractivity contribution in [2.75, 3.05) is 11.9 Å². The predicted molar refractivity (Wildman–Crippen MR) is 91.7 cm³/mol. The molecule has 1 atom stereocenters. The molecule has 0 heterocycles. The molecule has 130 valence electrons. The van der Waals surface area contributed by atoms with Gasteiger partial charge in [-0.1, -0.05) is 6.92 Å². The number of nitrogens with zero attached hydrogens (tertiary/aromatic N) is 1. The van der Waals surface area contributed by atoms with Crippen LogP contribution in [-0.4, -0.2) is 30.1 Å². The Bertz CT molecular complexity index is 623. The lowest BCUT2D eigenvalue weighted by Gasteiger charge is -2.10. The lowest BCUT2D eigenvalue weighted by atomic mass is 10.1. The van der Waals surface area contributed by atoms with Gasteiger partial charge in [-0.05, 0) is 45.0 Å². The van der Waals surface area contributed by atoms with Gasteiger partial charge >= 0.3 is 5.97 Å². The standard InChI is InChI=1S/C17H23N3O4/c1-5-15(21)18-14-9-7-13(8-10-14)16(22)20-19-12(4)11(3)17(23)24-6-2/h7-11H,5-6H2,1-4H3,(H,18,21)(H,20,22)/b19-12+. The summed E-state index contributed by atoms with van der Waals surface area (Å²) in [7, 11) is 0. The van der Waals surface area contributed by atoms with Crippen molar-refractivity contribution in [1.29, 1.82) is 0 Å². The molecule has 0 aliphatic heterocycles. The summed E-state index contributed by atoms with van der Waals surface area (Å²) in [6, 6.07) is 6.45. The number of hydrazone groups is 1. The maximum Gasteiger partial charge on any atom is 0.314 e. The average Bonchev–Trinajstić information content (AvgIpc) is 2.59. The summed E-state index contributed by atoms with van der Waals surface area (Å²) < 4.78 is 4.90. The van der Waals surface area contributed by atoms with E-state index in [0.717, 1.165) is 0 Å². The van der Waals surface area contributed by atoms with E-state index in [1.165, 1.54) is 0 Å². The molecule has 0 spiro atoms. The van der Waals surface area contributed by atoms with Crippen molar-refractivity contribution in [1.82, 2.24) is 5.43 Å². The monoisotopic (exact) mass is 333 g/mol. The molecular weight excluding hydrogens is 310 g/mol. The van der Waals surface area contributed by atoms with Gasteiger partial charge in [-0.15, -0.1) is 0 Å². The van der Waals surface area contributed by atoms with Crippen LogP contribution in [0.15, 0.2) is 29.4 Å². The zero-order valence-electron chi connectivity index (χ0n) is 14.4. The summed E-state index contributed by atoms with van der Waals surface area (Å²) in [6.07, 6.45) is 0.384. The van der Waals surface area contributed by atoms with Gasteiger partial charge in [0.1, 0.15) is 0 Å². The maximum absolute atomic E-state index is 12.0. The van der Waals surface area contributed by atoms with E-state index < -0.39 is 11.8 Å². The quantitative estimate of drug-likeness (QED) is 0.455. The molecular formula is C17H23N3O4. The SMILES string of the molecule is CCOC(=O)C(C)/C(C)=N/NC(=O)c1ccc(NC(=O)CC)cc1. The fourth-order valence-corrected chi connectivity index (χ4v) is 1.69. The van der Waals surface area contributed by atoms with Crippen LogP contribution in [-0.2, 0) is 14.3 Å². The Kier molecular flexibility index (Phi) is 7.61. The summed E-state index contributed by atoms with van der Waals surface area (Å²) >= 11 is 0. The van der Waals surface area contributed by atoms with Crippen molar-refractivity contribution in [2.45, 2.75) is 34.1 Å². The van der Waals surface area contributed by atoms with Gasteiger partial charge in [-0.25, -0.2) is 5.43 Å². The predicted octanol–water partition coefficient (Wildman–Crippen LogP) is 2.34. The molecule has 2 N–H and O–H groups in total. The minimum absolute atomic E-state index is 0.0969. The molecule has 7 nitrogen and oxygen atoms in total. The van der Waals surface area contributed by atoms with E-state index in [4.69, 9.17) is 4.74 Å². The zero-order chi connectivity index (χ0) is 18.1. The molecule has 0 fully saturated rings. The highest BCUT2D eigenvalue weighted by atomic mass is 16.5. The summed E-state index contributed by atoms with van der Waals surface area (Å²) in [4.78, 5) is 34.9. The second-order valence-corrected chi connectivity index (χ2v) is 5.15. The molecule has 24 heavy (non-hydrogen) atoms. The molecule has 0 aliphatic carbocycles. The number of amides is 2. The highest BCUT2D eigenvalue weighted by Gasteiger charge is 2.17. The molecule has 1 rings (SSSR count). The summed E-state index contributed by atoms with van der Waals surface area (Å²) in [5.74, 6) is -1.42. The van der Waals surface area contributed by atoms with E-state index >= 15 is 0 Å². The second kappa shape index (κ2) is 9.44. The molecule has 0 aromatic heterocycles. The largest absolute Gasteiger partial charge is 0.465 e. The number of rotatable bonds is 7. The second-order valence-electron chi connectivity index (χ2n) is 5.15. The fraction of sp³-hybridized carbons (Fsp3) is 0.412. The fourth-order valence-electron chi connectivity index (χ4n) is 1.69. The first kappa shape index (κ1) is 19.3. The number of nitrogens with one attached hydrogen (secondary N) is 2. The molecule has 1 aromatic carbocycles. The Hall–Kier alpha value is -2.70. The van der Waals surface area contributed by atoms with E-state index in [9.17, 15) is 14.4 Å². The molecule has 7 heteroatoms. The van der Waals surface area contributed by atoms with Crippen LogP contribution in [0.3, 0.4) is 0 Å². The highest BCUT2D eigenvalue weighted by molar-refractivity contribution is 6.02. The third kappa shape index (κ3) is 5.83. The van der Waals surface area contributed by atoms with E-state index in [1.807, 2.05) is 0 Å². The van der Waals surface area contributed by atoms with Gasteiger partial charge in [-0.3, -0.25) is 14.4 Å². The van der Waals surface area contributed by atoms with E-state index in [-0.39, 0.29) is 11.9 Å². The van der Waals surface area contributed by atoms with Crippen molar-refractivity contribution >= 4 is 29.2 Å². The van der Waals surface area contributed by atoms with Crippen molar-refractivity contribution in [3.8, 4) is 0 Å². The molecule has 2 amide bonds. The number of benzene rings is 1. The Balaban J connectivity index is 2.66. The topological polar surface area (TPSA) is 96.9 Å². The molecule has 1 unspecified atom stereocenters. The van der Waals surface area contributed by atoms with Gasteiger partial charge in [-0.2, -0.15) is 5.10 Å². The summed E-state index contributed by atoms with van der Waals surface area (Å²) in [5, 5.41) is 6.63. The van der Waals surface area contributed by atoms with Crippen LogP contribution in [0.1, 0.15) is 44.5 Å². The highest BCUT2D eigenvalue weighted by Crippen LogP contribution is 2.10. The molecule has 0 saturated heterocycles. The van der Waals surface area contributed by atoms with Crippen LogP contribution >= 0.6 is 0 Å². The van der Waals surface area contributed by atoms with E-state index in [1.54, 1.807) is 52.0 Å². The third-order valence-electron chi connectivity index (χ3n) is 3.35. The van der Waals surface area contributed by atoms with E-state index in [0.29, 0.717) is 30.0 Å². The molecule has 1 aromatic rings. The Morgan fingerprint density at radius 3 is 2.33 bits per heavy atom. The number of anilines is 1. The van der Waals surface area contributed by atoms with Crippen molar-refractivity contribution in [3.63, 3.8) is 0 Å². The summed E-state index contributed by atoms with van der Waals surface area (Å²) in [6.45, 7) is 7.09. The molecule has 0 saturated carbocycles.